The second-order valence-electron chi connectivity index (χ2n) is 8.21. The van der Waals surface area contributed by atoms with E-state index in [0.29, 0.717) is 44.6 Å². The van der Waals surface area contributed by atoms with Gasteiger partial charge in [-0.05, 0) is 54.3 Å². The summed E-state index contributed by atoms with van der Waals surface area (Å²) >= 11 is 0. The van der Waals surface area contributed by atoms with Crippen LogP contribution in [0.1, 0.15) is 48.2 Å². The molecule has 7 nitrogen and oxygen atoms in total. The predicted octanol–water partition coefficient (Wildman–Crippen LogP) is 3.04. The molecule has 0 N–H and O–H groups in total. The van der Waals surface area contributed by atoms with Crippen molar-refractivity contribution >= 4 is 27.5 Å². The van der Waals surface area contributed by atoms with E-state index in [1.165, 1.54) is 4.31 Å². The van der Waals surface area contributed by atoms with E-state index >= 15 is 0 Å². The van der Waals surface area contributed by atoms with Crippen molar-refractivity contribution in [1.29, 1.82) is 0 Å². The van der Waals surface area contributed by atoms with Gasteiger partial charge in [0.05, 0.1) is 4.90 Å². The SMILES string of the molecule is CCN(CC)S(=O)(=O)c1ccc2c(c1)CCN2C(=O)c1cccc(CN2CCCC2=O)c1. The van der Waals surface area contributed by atoms with E-state index in [9.17, 15) is 18.0 Å². The number of hydrogen-bond acceptors (Lipinski definition) is 4. The summed E-state index contributed by atoms with van der Waals surface area (Å²) < 4.78 is 27.1. The summed E-state index contributed by atoms with van der Waals surface area (Å²) in [6.07, 6.45) is 2.09. The molecule has 2 amide bonds. The highest BCUT2D eigenvalue weighted by Gasteiger charge is 2.29. The van der Waals surface area contributed by atoms with Gasteiger partial charge in [-0.15, -0.1) is 0 Å². The molecular formula is C24H29N3O4S. The third kappa shape index (κ3) is 4.17. The number of carbonyl (C=O) groups excluding carboxylic acids is 2. The van der Waals surface area contributed by atoms with E-state index in [4.69, 9.17) is 0 Å². The third-order valence-electron chi connectivity index (χ3n) is 6.25. The number of amides is 2. The van der Waals surface area contributed by atoms with Crippen LogP contribution in [0.3, 0.4) is 0 Å². The van der Waals surface area contributed by atoms with Gasteiger partial charge in [0.2, 0.25) is 15.9 Å². The van der Waals surface area contributed by atoms with Crippen molar-refractivity contribution in [2.24, 2.45) is 0 Å². The van der Waals surface area contributed by atoms with Crippen LogP contribution in [0.5, 0.6) is 0 Å². The van der Waals surface area contributed by atoms with Crippen LogP contribution in [0.15, 0.2) is 47.4 Å². The molecule has 8 heteroatoms. The minimum atomic E-state index is -3.54. The molecule has 0 unspecified atom stereocenters. The Bertz CT molecular complexity index is 1140. The van der Waals surface area contributed by atoms with Crippen LogP contribution in [0.2, 0.25) is 0 Å². The molecule has 0 radical (unpaired) electrons. The summed E-state index contributed by atoms with van der Waals surface area (Å²) in [4.78, 5) is 29.0. The van der Waals surface area contributed by atoms with E-state index in [1.54, 1.807) is 29.2 Å². The molecule has 2 aromatic rings. The molecular weight excluding hydrogens is 426 g/mol. The summed E-state index contributed by atoms with van der Waals surface area (Å²) in [5.41, 5.74) is 3.13. The van der Waals surface area contributed by atoms with Gasteiger partial charge in [0.25, 0.3) is 5.91 Å². The zero-order valence-electron chi connectivity index (χ0n) is 18.6. The van der Waals surface area contributed by atoms with Gasteiger partial charge in [0, 0.05) is 50.4 Å². The maximum atomic E-state index is 13.3. The summed E-state index contributed by atoms with van der Waals surface area (Å²) in [6, 6.07) is 12.5. The largest absolute Gasteiger partial charge is 0.338 e. The van der Waals surface area contributed by atoms with E-state index in [1.807, 2.05) is 36.9 Å². The Kier molecular flexibility index (Phi) is 6.35. The van der Waals surface area contributed by atoms with Crippen LogP contribution in [0, 0.1) is 0 Å². The highest BCUT2D eigenvalue weighted by atomic mass is 32.2. The molecule has 4 rings (SSSR count). The van der Waals surface area contributed by atoms with Crippen LogP contribution in [0.25, 0.3) is 0 Å². The second kappa shape index (κ2) is 9.03. The van der Waals surface area contributed by atoms with Crippen molar-refractivity contribution < 1.29 is 18.0 Å². The molecule has 1 saturated heterocycles. The predicted molar refractivity (Wildman–Crippen MR) is 123 cm³/mol. The molecule has 32 heavy (non-hydrogen) atoms. The fourth-order valence-electron chi connectivity index (χ4n) is 4.51. The highest BCUT2D eigenvalue weighted by Crippen LogP contribution is 2.32. The first kappa shape index (κ1) is 22.5. The first-order valence-corrected chi connectivity index (χ1v) is 12.6. The topological polar surface area (TPSA) is 78.0 Å². The Labute approximate surface area is 189 Å². The summed E-state index contributed by atoms with van der Waals surface area (Å²) in [6.45, 7) is 6.26. The number of carbonyl (C=O) groups is 2. The minimum absolute atomic E-state index is 0.113. The lowest BCUT2D eigenvalue weighted by atomic mass is 10.1. The quantitative estimate of drug-likeness (QED) is 0.643. The summed E-state index contributed by atoms with van der Waals surface area (Å²) in [5.74, 6) is 0.0448. The molecule has 0 aromatic heterocycles. The fraction of sp³-hybridized carbons (Fsp3) is 0.417. The molecule has 170 valence electrons. The monoisotopic (exact) mass is 455 g/mol. The van der Waals surface area contributed by atoms with E-state index in [2.05, 4.69) is 0 Å². The van der Waals surface area contributed by atoms with Gasteiger partial charge in [0.15, 0.2) is 0 Å². The molecule has 0 atom stereocenters. The van der Waals surface area contributed by atoms with Crippen LogP contribution >= 0.6 is 0 Å². The first-order valence-electron chi connectivity index (χ1n) is 11.2. The Morgan fingerprint density at radius 2 is 1.81 bits per heavy atom. The lowest BCUT2D eigenvalue weighted by Gasteiger charge is -2.21. The Hall–Kier alpha value is -2.71. The van der Waals surface area contributed by atoms with Gasteiger partial charge >= 0.3 is 0 Å². The molecule has 2 aromatic carbocycles. The number of anilines is 1. The maximum absolute atomic E-state index is 13.3. The van der Waals surface area contributed by atoms with Gasteiger partial charge < -0.3 is 9.80 Å². The highest BCUT2D eigenvalue weighted by molar-refractivity contribution is 7.89. The van der Waals surface area contributed by atoms with Crippen molar-refractivity contribution in [1.82, 2.24) is 9.21 Å². The maximum Gasteiger partial charge on any atom is 0.258 e. The number of likely N-dealkylation sites (tertiary alicyclic amines) is 1. The molecule has 0 spiro atoms. The summed E-state index contributed by atoms with van der Waals surface area (Å²) in [5, 5.41) is 0. The second-order valence-corrected chi connectivity index (χ2v) is 10.1. The number of fused-ring (bicyclic) bond motifs is 1. The molecule has 2 heterocycles. The number of nitrogens with zero attached hydrogens (tertiary/aromatic N) is 3. The fourth-order valence-corrected chi connectivity index (χ4v) is 6.02. The third-order valence-corrected chi connectivity index (χ3v) is 8.30. The smallest absolute Gasteiger partial charge is 0.258 e. The van der Waals surface area contributed by atoms with Gasteiger partial charge in [-0.2, -0.15) is 4.31 Å². The van der Waals surface area contributed by atoms with Crippen LogP contribution in [-0.4, -0.2) is 55.6 Å². The molecule has 2 aliphatic rings. The number of rotatable bonds is 7. The normalized spacial score (nSPS) is 16.2. The molecule has 0 aliphatic carbocycles. The molecule has 1 fully saturated rings. The molecule has 0 bridgehead atoms. The lowest BCUT2D eigenvalue weighted by Crippen LogP contribution is -2.31. The van der Waals surface area contributed by atoms with Gasteiger partial charge in [-0.25, -0.2) is 8.42 Å². The zero-order chi connectivity index (χ0) is 22.9. The number of benzene rings is 2. The van der Waals surface area contributed by atoms with Crippen LogP contribution < -0.4 is 4.90 Å². The Morgan fingerprint density at radius 1 is 1.03 bits per heavy atom. The van der Waals surface area contributed by atoms with Crippen molar-refractivity contribution in [2.45, 2.75) is 44.6 Å². The zero-order valence-corrected chi connectivity index (χ0v) is 19.4. The number of hydrogen-bond donors (Lipinski definition) is 0. The van der Waals surface area contributed by atoms with Gasteiger partial charge in [-0.3, -0.25) is 9.59 Å². The lowest BCUT2D eigenvalue weighted by molar-refractivity contribution is -0.128. The van der Waals surface area contributed by atoms with Crippen LogP contribution in [0.4, 0.5) is 5.69 Å². The van der Waals surface area contributed by atoms with Crippen molar-refractivity contribution in [3.8, 4) is 0 Å². The molecule has 0 saturated carbocycles. The average molecular weight is 456 g/mol. The van der Waals surface area contributed by atoms with E-state index < -0.39 is 10.0 Å². The van der Waals surface area contributed by atoms with Gasteiger partial charge in [0.1, 0.15) is 0 Å². The van der Waals surface area contributed by atoms with Crippen molar-refractivity contribution in [3.63, 3.8) is 0 Å². The van der Waals surface area contributed by atoms with Crippen molar-refractivity contribution in [3.05, 3.63) is 59.2 Å². The number of sulfonamides is 1. The molecule has 2 aliphatic heterocycles. The van der Waals surface area contributed by atoms with Crippen LogP contribution in [-0.2, 0) is 27.8 Å². The average Bonchev–Trinajstić information content (AvgIpc) is 3.39. The Morgan fingerprint density at radius 3 is 2.50 bits per heavy atom. The van der Waals surface area contributed by atoms with E-state index in [0.717, 1.165) is 29.8 Å². The van der Waals surface area contributed by atoms with Crippen molar-refractivity contribution in [2.75, 3.05) is 31.1 Å². The minimum Gasteiger partial charge on any atom is -0.338 e. The summed E-state index contributed by atoms with van der Waals surface area (Å²) in [7, 11) is -3.54. The standard InChI is InChI=1S/C24H29N3O4S/c1-3-26(4-2)32(30,31)21-10-11-22-19(16-21)12-14-27(22)24(29)20-8-5-7-18(15-20)17-25-13-6-9-23(25)28/h5,7-8,10-11,15-16H,3-4,6,9,12-14,17H2,1-2H3. The first-order chi connectivity index (χ1) is 15.3. The van der Waals surface area contributed by atoms with E-state index in [-0.39, 0.29) is 16.7 Å². The van der Waals surface area contributed by atoms with Gasteiger partial charge in [-0.1, -0.05) is 26.0 Å². The Balaban J connectivity index is 1.55.